The highest BCUT2D eigenvalue weighted by molar-refractivity contribution is 6.33. The molecule has 0 bridgehead atoms. The van der Waals surface area contributed by atoms with Crippen LogP contribution in [0, 0.1) is 10.1 Å². The summed E-state index contributed by atoms with van der Waals surface area (Å²) >= 11 is 5.99. The predicted octanol–water partition coefficient (Wildman–Crippen LogP) is 3.57. The van der Waals surface area contributed by atoms with Crippen LogP contribution in [-0.2, 0) is 0 Å². The van der Waals surface area contributed by atoms with E-state index < -0.39 is 4.92 Å². The van der Waals surface area contributed by atoms with Gasteiger partial charge in [-0.05, 0) is 18.2 Å². The topological polar surface area (TPSA) is 81.2 Å². The number of anilines is 3. The summed E-state index contributed by atoms with van der Waals surface area (Å²) in [6.45, 7) is 0. The number of nitro groups is 1. The molecular weight excluding hydrogens is 254 g/mol. The fourth-order valence-corrected chi connectivity index (χ4v) is 1.71. The van der Waals surface area contributed by atoms with E-state index in [1.807, 2.05) is 6.07 Å². The fraction of sp³-hybridized carbons (Fsp3) is 0. The first-order chi connectivity index (χ1) is 8.56. The number of nitrogen functional groups attached to an aromatic ring is 1. The first-order valence-electron chi connectivity index (χ1n) is 5.13. The van der Waals surface area contributed by atoms with Gasteiger partial charge in [0.1, 0.15) is 0 Å². The van der Waals surface area contributed by atoms with Gasteiger partial charge >= 0.3 is 0 Å². The second kappa shape index (κ2) is 4.93. The smallest absolute Gasteiger partial charge is 0.273 e. The van der Waals surface area contributed by atoms with Crippen LogP contribution in [0.25, 0.3) is 0 Å². The quantitative estimate of drug-likeness (QED) is 0.504. The molecule has 0 radical (unpaired) electrons. The molecule has 0 saturated carbocycles. The van der Waals surface area contributed by atoms with Crippen molar-refractivity contribution >= 4 is 34.4 Å². The van der Waals surface area contributed by atoms with E-state index in [-0.39, 0.29) is 5.69 Å². The van der Waals surface area contributed by atoms with Crippen molar-refractivity contribution in [3.8, 4) is 0 Å². The highest BCUT2D eigenvalue weighted by atomic mass is 35.5. The Bertz CT molecular complexity index is 602. The van der Waals surface area contributed by atoms with Crippen molar-refractivity contribution in [3.63, 3.8) is 0 Å². The summed E-state index contributed by atoms with van der Waals surface area (Å²) in [5, 5.41) is 14.2. The fourth-order valence-electron chi connectivity index (χ4n) is 1.53. The van der Waals surface area contributed by atoms with E-state index in [9.17, 15) is 10.1 Å². The Morgan fingerprint density at radius 2 is 1.94 bits per heavy atom. The number of nitrogens with one attached hydrogen (secondary N) is 1. The van der Waals surface area contributed by atoms with Gasteiger partial charge in [0, 0.05) is 23.5 Å². The number of hydrogen-bond acceptors (Lipinski definition) is 4. The lowest BCUT2D eigenvalue weighted by Gasteiger charge is -2.08. The Kier molecular flexibility index (Phi) is 3.34. The number of para-hydroxylation sites is 1. The monoisotopic (exact) mass is 263 g/mol. The Morgan fingerprint density at radius 1 is 1.22 bits per heavy atom. The summed E-state index contributed by atoms with van der Waals surface area (Å²) < 4.78 is 0. The standard InChI is InChI=1S/C12H10ClN3O2/c13-11-3-1-2-4-12(11)15-9-5-8(14)6-10(7-9)16(17)18/h1-7,15H,14H2. The first-order valence-corrected chi connectivity index (χ1v) is 5.50. The molecule has 6 heteroatoms. The molecule has 3 N–H and O–H groups in total. The molecule has 0 spiro atoms. The zero-order valence-electron chi connectivity index (χ0n) is 9.26. The van der Waals surface area contributed by atoms with Crippen LogP contribution >= 0.6 is 11.6 Å². The van der Waals surface area contributed by atoms with Crippen molar-refractivity contribution in [1.82, 2.24) is 0 Å². The van der Waals surface area contributed by atoms with E-state index in [1.165, 1.54) is 12.1 Å². The summed E-state index contributed by atoms with van der Waals surface area (Å²) in [6, 6.07) is 11.4. The molecule has 2 rings (SSSR count). The summed E-state index contributed by atoms with van der Waals surface area (Å²) in [4.78, 5) is 10.2. The molecule has 0 aliphatic carbocycles. The molecule has 5 nitrogen and oxygen atoms in total. The maximum atomic E-state index is 10.7. The third-order valence-corrected chi connectivity index (χ3v) is 2.63. The number of halogens is 1. The zero-order valence-corrected chi connectivity index (χ0v) is 10.0. The van der Waals surface area contributed by atoms with Gasteiger partial charge in [0.25, 0.3) is 5.69 Å². The minimum atomic E-state index is -0.492. The van der Waals surface area contributed by atoms with E-state index in [2.05, 4.69) is 5.32 Å². The second-order valence-electron chi connectivity index (χ2n) is 3.68. The van der Waals surface area contributed by atoms with Gasteiger partial charge in [-0.15, -0.1) is 0 Å². The van der Waals surface area contributed by atoms with E-state index in [4.69, 9.17) is 17.3 Å². The maximum absolute atomic E-state index is 10.7. The van der Waals surface area contributed by atoms with Crippen LogP contribution in [0.4, 0.5) is 22.7 Å². The van der Waals surface area contributed by atoms with Gasteiger partial charge in [0.2, 0.25) is 0 Å². The SMILES string of the molecule is Nc1cc(Nc2ccccc2Cl)cc([N+](=O)[O-])c1. The number of nitrogens with two attached hydrogens (primary N) is 1. The van der Waals surface area contributed by atoms with Crippen LogP contribution in [0.1, 0.15) is 0 Å². The summed E-state index contributed by atoms with van der Waals surface area (Å²) in [5.74, 6) is 0. The van der Waals surface area contributed by atoms with Crippen molar-refractivity contribution in [2.24, 2.45) is 0 Å². The van der Waals surface area contributed by atoms with Gasteiger partial charge in [0.05, 0.1) is 15.6 Å². The summed E-state index contributed by atoms with van der Waals surface area (Å²) in [5.41, 5.74) is 7.05. The van der Waals surface area contributed by atoms with Gasteiger partial charge < -0.3 is 11.1 Å². The van der Waals surface area contributed by atoms with Gasteiger partial charge in [0.15, 0.2) is 0 Å². The lowest BCUT2D eigenvalue weighted by molar-refractivity contribution is -0.384. The minimum absolute atomic E-state index is 0.0652. The molecule has 18 heavy (non-hydrogen) atoms. The molecule has 0 amide bonds. The molecule has 2 aromatic rings. The lowest BCUT2D eigenvalue weighted by atomic mass is 10.2. The maximum Gasteiger partial charge on any atom is 0.273 e. The number of nitrogens with zero attached hydrogens (tertiary/aromatic N) is 1. The third-order valence-electron chi connectivity index (χ3n) is 2.30. The second-order valence-corrected chi connectivity index (χ2v) is 4.08. The third kappa shape index (κ3) is 2.70. The van der Waals surface area contributed by atoms with Crippen LogP contribution < -0.4 is 11.1 Å². The molecule has 0 atom stereocenters. The van der Waals surface area contributed by atoms with Gasteiger partial charge in [-0.3, -0.25) is 10.1 Å². The minimum Gasteiger partial charge on any atom is -0.398 e. The molecule has 0 aliphatic heterocycles. The number of nitro benzene ring substituents is 1. The Hall–Kier alpha value is -2.27. The van der Waals surface area contributed by atoms with E-state index in [0.29, 0.717) is 22.1 Å². The molecule has 0 unspecified atom stereocenters. The average Bonchev–Trinajstić information content (AvgIpc) is 2.31. The largest absolute Gasteiger partial charge is 0.398 e. The van der Waals surface area contributed by atoms with Crippen molar-refractivity contribution < 1.29 is 4.92 Å². The molecule has 2 aromatic carbocycles. The molecular formula is C12H10ClN3O2. The molecule has 0 aliphatic rings. The average molecular weight is 264 g/mol. The van der Waals surface area contributed by atoms with Gasteiger partial charge in [-0.25, -0.2) is 0 Å². The van der Waals surface area contributed by atoms with E-state index in [1.54, 1.807) is 24.3 Å². The highest BCUT2D eigenvalue weighted by Gasteiger charge is 2.09. The number of hydrogen-bond donors (Lipinski definition) is 2. The molecule has 0 aromatic heterocycles. The Balaban J connectivity index is 2.35. The molecule has 0 saturated heterocycles. The number of non-ortho nitro benzene ring substituents is 1. The van der Waals surface area contributed by atoms with Crippen molar-refractivity contribution in [2.45, 2.75) is 0 Å². The lowest BCUT2D eigenvalue weighted by Crippen LogP contribution is -1.96. The Labute approximate surface area is 108 Å². The van der Waals surface area contributed by atoms with Crippen LogP contribution in [0.3, 0.4) is 0 Å². The van der Waals surface area contributed by atoms with Gasteiger partial charge in [-0.2, -0.15) is 0 Å². The van der Waals surface area contributed by atoms with Crippen LogP contribution in [0.5, 0.6) is 0 Å². The van der Waals surface area contributed by atoms with Crippen molar-refractivity contribution in [1.29, 1.82) is 0 Å². The molecule has 92 valence electrons. The Morgan fingerprint density at radius 3 is 2.61 bits per heavy atom. The van der Waals surface area contributed by atoms with Crippen molar-refractivity contribution in [2.75, 3.05) is 11.1 Å². The number of benzene rings is 2. The van der Waals surface area contributed by atoms with Gasteiger partial charge in [-0.1, -0.05) is 23.7 Å². The zero-order chi connectivity index (χ0) is 13.1. The van der Waals surface area contributed by atoms with Crippen LogP contribution in [0.2, 0.25) is 5.02 Å². The summed E-state index contributed by atoms with van der Waals surface area (Å²) in [7, 11) is 0. The normalized spacial score (nSPS) is 10.1. The molecule has 0 heterocycles. The highest BCUT2D eigenvalue weighted by Crippen LogP contribution is 2.28. The van der Waals surface area contributed by atoms with E-state index in [0.717, 1.165) is 0 Å². The predicted molar refractivity (Wildman–Crippen MR) is 72.2 cm³/mol. The van der Waals surface area contributed by atoms with Crippen molar-refractivity contribution in [3.05, 3.63) is 57.6 Å². The van der Waals surface area contributed by atoms with Crippen LogP contribution in [-0.4, -0.2) is 4.92 Å². The van der Waals surface area contributed by atoms with Crippen LogP contribution in [0.15, 0.2) is 42.5 Å². The number of rotatable bonds is 3. The summed E-state index contributed by atoms with van der Waals surface area (Å²) in [6.07, 6.45) is 0. The van der Waals surface area contributed by atoms with E-state index >= 15 is 0 Å². The molecule has 0 fully saturated rings. The first kappa shape index (κ1) is 12.2.